The highest BCUT2D eigenvalue weighted by molar-refractivity contribution is 6.30. The molecule has 3 nitrogen and oxygen atoms in total. The van der Waals surface area contributed by atoms with Crippen molar-refractivity contribution in [3.63, 3.8) is 0 Å². The first-order chi connectivity index (χ1) is 7.81. The van der Waals surface area contributed by atoms with Crippen LogP contribution in [0.5, 0.6) is 5.88 Å². The van der Waals surface area contributed by atoms with Gasteiger partial charge in [-0.2, -0.15) is 0 Å². The molecule has 0 N–H and O–H groups in total. The molecule has 1 aromatic rings. The van der Waals surface area contributed by atoms with Gasteiger partial charge in [-0.25, -0.2) is 9.97 Å². The van der Waals surface area contributed by atoms with Crippen LogP contribution in [0.25, 0.3) is 0 Å². The maximum absolute atomic E-state index is 5.98. The highest BCUT2D eigenvalue weighted by Gasteiger charge is 2.17. The normalized spacial score (nSPS) is 15.9. The zero-order chi connectivity index (χ0) is 11.4. The molecule has 0 atom stereocenters. The highest BCUT2D eigenvalue weighted by Crippen LogP contribution is 2.29. The summed E-state index contributed by atoms with van der Waals surface area (Å²) < 4.78 is 5.68. The Labute approximate surface area is 101 Å². The summed E-state index contributed by atoms with van der Waals surface area (Å²) in [6, 6.07) is 0. The maximum atomic E-state index is 5.98. The van der Waals surface area contributed by atoms with Crippen LogP contribution >= 0.6 is 11.6 Å². The molecule has 1 heterocycles. The summed E-state index contributed by atoms with van der Waals surface area (Å²) in [7, 11) is 0. The van der Waals surface area contributed by atoms with E-state index in [1.165, 1.54) is 25.6 Å². The molecule has 0 amide bonds. The molecular formula is C12H17ClN2O. The number of hydrogen-bond acceptors (Lipinski definition) is 3. The molecule has 1 aliphatic rings. The Kier molecular flexibility index (Phi) is 3.99. The fourth-order valence-electron chi connectivity index (χ4n) is 1.90. The van der Waals surface area contributed by atoms with Crippen molar-refractivity contribution in [3.05, 3.63) is 17.0 Å². The first-order valence-electron chi connectivity index (χ1n) is 5.93. The van der Waals surface area contributed by atoms with Crippen molar-refractivity contribution in [2.45, 2.75) is 39.0 Å². The predicted molar refractivity (Wildman–Crippen MR) is 63.9 cm³/mol. The smallest absolute Gasteiger partial charge is 0.221 e. The van der Waals surface area contributed by atoms with E-state index in [1.807, 2.05) is 6.92 Å². The molecule has 1 saturated carbocycles. The number of ether oxygens (including phenoxy) is 1. The number of hydrogen-bond donors (Lipinski definition) is 0. The van der Waals surface area contributed by atoms with E-state index in [1.54, 1.807) is 0 Å². The van der Waals surface area contributed by atoms with Gasteiger partial charge in [-0.05, 0) is 18.8 Å². The van der Waals surface area contributed by atoms with Gasteiger partial charge in [-0.15, -0.1) is 0 Å². The standard InChI is InChI=1S/C12H17ClN2O/c1-2-10-11(13)14-8-15-12(10)16-7-6-9-4-3-5-9/h8-9H,2-7H2,1H3. The van der Waals surface area contributed by atoms with Gasteiger partial charge in [0, 0.05) is 0 Å². The lowest BCUT2D eigenvalue weighted by Crippen LogP contribution is -2.15. The SMILES string of the molecule is CCc1c(Cl)ncnc1OCCC1CCC1. The van der Waals surface area contributed by atoms with E-state index in [0.29, 0.717) is 11.0 Å². The summed E-state index contributed by atoms with van der Waals surface area (Å²) in [6.07, 6.45) is 7.48. The fourth-order valence-corrected chi connectivity index (χ4v) is 2.16. The Morgan fingerprint density at radius 1 is 1.44 bits per heavy atom. The van der Waals surface area contributed by atoms with Crippen LogP contribution in [0.3, 0.4) is 0 Å². The molecule has 0 unspecified atom stereocenters. The number of nitrogens with zero attached hydrogens (tertiary/aromatic N) is 2. The third kappa shape index (κ3) is 2.64. The van der Waals surface area contributed by atoms with Crippen molar-refractivity contribution in [2.75, 3.05) is 6.61 Å². The van der Waals surface area contributed by atoms with E-state index >= 15 is 0 Å². The van der Waals surface area contributed by atoms with E-state index < -0.39 is 0 Å². The lowest BCUT2D eigenvalue weighted by molar-refractivity contribution is 0.216. The van der Waals surface area contributed by atoms with Gasteiger partial charge in [0.05, 0.1) is 12.2 Å². The van der Waals surface area contributed by atoms with Crippen molar-refractivity contribution in [1.82, 2.24) is 9.97 Å². The summed E-state index contributed by atoms with van der Waals surface area (Å²) >= 11 is 5.98. The van der Waals surface area contributed by atoms with E-state index in [9.17, 15) is 0 Å². The van der Waals surface area contributed by atoms with Crippen molar-refractivity contribution >= 4 is 11.6 Å². The van der Waals surface area contributed by atoms with Gasteiger partial charge in [-0.3, -0.25) is 0 Å². The molecule has 0 spiro atoms. The van der Waals surface area contributed by atoms with Gasteiger partial charge in [0.25, 0.3) is 0 Å². The molecule has 1 aromatic heterocycles. The Bertz CT molecular complexity index is 353. The molecule has 0 aliphatic heterocycles. The zero-order valence-corrected chi connectivity index (χ0v) is 10.3. The zero-order valence-electron chi connectivity index (χ0n) is 9.58. The predicted octanol–water partition coefficient (Wildman–Crippen LogP) is 3.26. The first kappa shape index (κ1) is 11.6. The number of halogens is 1. The van der Waals surface area contributed by atoms with E-state index in [-0.39, 0.29) is 0 Å². The summed E-state index contributed by atoms with van der Waals surface area (Å²) in [5.74, 6) is 1.52. The molecule has 4 heteroatoms. The minimum atomic E-state index is 0.510. The molecular weight excluding hydrogens is 224 g/mol. The van der Waals surface area contributed by atoms with Crippen LogP contribution in [0.4, 0.5) is 0 Å². The molecule has 0 radical (unpaired) electrons. The minimum Gasteiger partial charge on any atom is -0.477 e. The molecule has 0 saturated heterocycles. The van der Waals surface area contributed by atoms with Gasteiger partial charge in [-0.1, -0.05) is 37.8 Å². The summed E-state index contributed by atoms with van der Waals surface area (Å²) in [6.45, 7) is 2.77. The van der Waals surface area contributed by atoms with E-state index in [2.05, 4.69) is 9.97 Å². The summed E-state index contributed by atoms with van der Waals surface area (Å²) in [5.41, 5.74) is 0.915. The van der Waals surface area contributed by atoms with Gasteiger partial charge in [0.1, 0.15) is 11.5 Å². The molecule has 2 rings (SSSR count). The average molecular weight is 241 g/mol. The lowest BCUT2D eigenvalue weighted by atomic mass is 9.83. The Hall–Kier alpha value is -0.830. The van der Waals surface area contributed by atoms with Gasteiger partial charge in [0.2, 0.25) is 5.88 Å². The third-order valence-electron chi connectivity index (χ3n) is 3.20. The van der Waals surface area contributed by atoms with E-state index in [0.717, 1.165) is 30.9 Å². The van der Waals surface area contributed by atoms with Crippen LogP contribution < -0.4 is 4.74 Å². The quantitative estimate of drug-likeness (QED) is 0.741. The van der Waals surface area contributed by atoms with Crippen molar-refractivity contribution < 1.29 is 4.74 Å². The molecule has 0 bridgehead atoms. The fraction of sp³-hybridized carbons (Fsp3) is 0.667. The largest absolute Gasteiger partial charge is 0.477 e. The molecule has 1 fully saturated rings. The highest BCUT2D eigenvalue weighted by atomic mass is 35.5. The minimum absolute atomic E-state index is 0.510. The van der Waals surface area contributed by atoms with Gasteiger partial charge in [0.15, 0.2) is 0 Å². The van der Waals surface area contributed by atoms with Crippen LogP contribution in [-0.2, 0) is 6.42 Å². The number of aromatic nitrogens is 2. The second-order valence-corrected chi connectivity index (χ2v) is 4.59. The van der Waals surface area contributed by atoms with Crippen molar-refractivity contribution in [3.8, 4) is 5.88 Å². The van der Waals surface area contributed by atoms with E-state index in [4.69, 9.17) is 16.3 Å². The summed E-state index contributed by atoms with van der Waals surface area (Å²) in [5, 5.41) is 0.510. The first-order valence-corrected chi connectivity index (χ1v) is 6.31. The molecule has 88 valence electrons. The van der Waals surface area contributed by atoms with Gasteiger partial charge >= 0.3 is 0 Å². The Morgan fingerprint density at radius 3 is 2.88 bits per heavy atom. The van der Waals surface area contributed by atoms with Crippen LogP contribution in [0.2, 0.25) is 5.15 Å². The van der Waals surface area contributed by atoms with Crippen molar-refractivity contribution in [1.29, 1.82) is 0 Å². The van der Waals surface area contributed by atoms with Crippen LogP contribution in [-0.4, -0.2) is 16.6 Å². The maximum Gasteiger partial charge on any atom is 0.221 e. The average Bonchev–Trinajstić information content (AvgIpc) is 2.22. The summed E-state index contributed by atoms with van der Waals surface area (Å²) in [4.78, 5) is 8.09. The van der Waals surface area contributed by atoms with Crippen molar-refractivity contribution in [2.24, 2.45) is 5.92 Å². The molecule has 1 aliphatic carbocycles. The topological polar surface area (TPSA) is 35.0 Å². The van der Waals surface area contributed by atoms with Crippen LogP contribution in [0.1, 0.15) is 38.2 Å². The number of rotatable bonds is 5. The Morgan fingerprint density at radius 2 is 2.25 bits per heavy atom. The van der Waals surface area contributed by atoms with Crippen LogP contribution in [0, 0.1) is 5.92 Å². The Balaban J connectivity index is 1.89. The van der Waals surface area contributed by atoms with Crippen LogP contribution in [0.15, 0.2) is 6.33 Å². The second-order valence-electron chi connectivity index (χ2n) is 4.24. The second kappa shape index (κ2) is 5.48. The lowest BCUT2D eigenvalue weighted by Gasteiger charge is -2.25. The third-order valence-corrected chi connectivity index (χ3v) is 3.52. The van der Waals surface area contributed by atoms with Gasteiger partial charge < -0.3 is 4.74 Å². The molecule has 16 heavy (non-hydrogen) atoms. The molecule has 0 aromatic carbocycles. The monoisotopic (exact) mass is 240 g/mol.